The van der Waals surface area contributed by atoms with Crippen LogP contribution in [0.15, 0.2) is 35.2 Å². The van der Waals surface area contributed by atoms with Crippen molar-refractivity contribution in [1.29, 1.82) is 0 Å². The van der Waals surface area contributed by atoms with E-state index in [2.05, 4.69) is 0 Å². The molecule has 0 saturated heterocycles. The zero-order valence-corrected chi connectivity index (χ0v) is 10.7. The largest absolute Gasteiger partial charge is 0.466 e. The molecule has 4 nitrogen and oxygen atoms in total. The molecule has 0 amide bonds. The number of ether oxygens (including phenoxy) is 1. The van der Waals surface area contributed by atoms with Gasteiger partial charge in [0.1, 0.15) is 0 Å². The van der Waals surface area contributed by atoms with Crippen LogP contribution in [0.2, 0.25) is 0 Å². The van der Waals surface area contributed by atoms with Crippen molar-refractivity contribution in [2.75, 3.05) is 6.61 Å². The maximum absolute atomic E-state index is 12.1. The van der Waals surface area contributed by atoms with Gasteiger partial charge in [-0.3, -0.25) is 4.79 Å². The lowest BCUT2D eigenvalue weighted by Gasteiger charge is -2.12. The second kappa shape index (κ2) is 5.82. The second-order valence-electron chi connectivity index (χ2n) is 3.68. The second-order valence-corrected chi connectivity index (χ2v) is 6.04. The zero-order valence-electron chi connectivity index (χ0n) is 9.92. The molecular weight excluding hydrogens is 240 g/mol. The molecule has 5 heteroatoms. The van der Waals surface area contributed by atoms with Crippen molar-refractivity contribution in [2.45, 2.75) is 30.4 Å². The summed E-state index contributed by atoms with van der Waals surface area (Å²) in [5.74, 6) is -0.487. The van der Waals surface area contributed by atoms with Crippen molar-refractivity contribution in [2.24, 2.45) is 0 Å². The van der Waals surface area contributed by atoms with Crippen LogP contribution in [0.25, 0.3) is 0 Å². The predicted molar refractivity (Wildman–Crippen MR) is 64.3 cm³/mol. The van der Waals surface area contributed by atoms with Crippen molar-refractivity contribution in [3.05, 3.63) is 30.3 Å². The monoisotopic (exact) mass is 256 g/mol. The van der Waals surface area contributed by atoms with Gasteiger partial charge >= 0.3 is 5.97 Å². The fourth-order valence-corrected chi connectivity index (χ4v) is 2.76. The van der Waals surface area contributed by atoms with E-state index in [0.29, 0.717) is 0 Å². The van der Waals surface area contributed by atoms with Crippen molar-refractivity contribution in [3.8, 4) is 0 Å². The smallest absolute Gasteiger partial charge is 0.307 e. The van der Waals surface area contributed by atoms with Gasteiger partial charge in [-0.05, 0) is 26.0 Å². The SMILES string of the molecule is CCOC(=O)CC(C)S(=O)(=O)c1ccccc1. The van der Waals surface area contributed by atoms with Gasteiger partial charge in [0.2, 0.25) is 0 Å². The summed E-state index contributed by atoms with van der Waals surface area (Å²) in [7, 11) is -3.45. The Labute approximate surface area is 102 Å². The highest BCUT2D eigenvalue weighted by molar-refractivity contribution is 7.92. The molecule has 0 saturated carbocycles. The lowest BCUT2D eigenvalue weighted by atomic mass is 10.3. The molecule has 0 radical (unpaired) electrons. The first kappa shape index (κ1) is 13.7. The topological polar surface area (TPSA) is 60.4 Å². The van der Waals surface area contributed by atoms with Crippen LogP contribution in [0, 0.1) is 0 Å². The highest BCUT2D eigenvalue weighted by Crippen LogP contribution is 2.17. The first-order valence-corrected chi connectivity index (χ1v) is 6.97. The molecule has 17 heavy (non-hydrogen) atoms. The molecular formula is C12H16O4S. The number of hydrogen-bond donors (Lipinski definition) is 0. The molecule has 0 aliphatic rings. The quantitative estimate of drug-likeness (QED) is 0.754. The Bertz CT molecular complexity index is 465. The van der Waals surface area contributed by atoms with Crippen LogP contribution in [-0.2, 0) is 19.4 Å². The molecule has 1 atom stereocenters. The van der Waals surface area contributed by atoms with Gasteiger partial charge in [-0.2, -0.15) is 0 Å². The number of hydrogen-bond acceptors (Lipinski definition) is 4. The van der Waals surface area contributed by atoms with Gasteiger partial charge in [-0.25, -0.2) is 8.42 Å². The van der Waals surface area contributed by atoms with Crippen LogP contribution >= 0.6 is 0 Å². The zero-order chi connectivity index (χ0) is 12.9. The summed E-state index contributed by atoms with van der Waals surface area (Å²) in [6.45, 7) is 3.46. The Kier molecular flexibility index (Phi) is 4.69. The van der Waals surface area contributed by atoms with Crippen molar-refractivity contribution in [3.63, 3.8) is 0 Å². The van der Waals surface area contributed by atoms with Crippen LogP contribution in [0.5, 0.6) is 0 Å². The lowest BCUT2D eigenvalue weighted by Crippen LogP contribution is -2.22. The molecule has 0 spiro atoms. The van der Waals surface area contributed by atoms with Crippen LogP contribution < -0.4 is 0 Å². The van der Waals surface area contributed by atoms with E-state index in [0.717, 1.165) is 0 Å². The van der Waals surface area contributed by atoms with Gasteiger partial charge in [0.05, 0.1) is 23.2 Å². The Balaban J connectivity index is 2.82. The van der Waals surface area contributed by atoms with Crippen molar-refractivity contribution < 1.29 is 17.9 Å². The van der Waals surface area contributed by atoms with Gasteiger partial charge in [0.15, 0.2) is 9.84 Å². The minimum absolute atomic E-state index is 0.120. The maximum atomic E-state index is 12.1. The first-order chi connectivity index (χ1) is 7.98. The summed E-state index contributed by atoms with van der Waals surface area (Å²) < 4.78 is 28.9. The summed E-state index contributed by atoms with van der Waals surface area (Å²) in [6.07, 6.45) is -0.120. The molecule has 0 aromatic heterocycles. The molecule has 0 aliphatic heterocycles. The van der Waals surface area contributed by atoms with Gasteiger partial charge in [-0.1, -0.05) is 18.2 Å². The fraction of sp³-hybridized carbons (Fsp3) is 0.417. The maximum Gasteiger partial charge on any atom is 0.307 e. The van der Waals surface area contributed by atoms with E-state index in [1.165, 1.54) is 19.1 Å². The molecule has 0 bridgehead atoms. The lowest BCUT2D eigenvalue weighted by molar-refractivity contribution is -0.143. The van der Waals surface area contributed by atoms with Crippen LogP contribution in [0.4, 0.5) is 0 Å². The number of sulfone groups is 1. The van der Waals surface area contributed by atoms with E-state index in [1.807, 2.05) is 0 Å². The number of esters is 1. The Morgan fingerprint density at radius 3 is 2.41 bits per heavy atom. The fourth-order valence-electron chi connectivity index (χ4n) is 1.41. The minimum atomic E-state index is -3.45. The number of benzene rings is 1. The molecule has 1 aromatic rings. The highest BCUT2D eigenvalue weighted by Gasteiger charge is 2.25. The third-order valence-electron chi connectivity index (χ3n) is 2.36. The van der Waals surface area contributed by atoms with Crippen LogP contribution in [0.1, 0.15) is 20.3 Å². The van der Waals surface area contributed by atoms with E-state index in [1.54, 1.807) is 25.1 Å². The molecule has 1 rings (SSSR count). The third kappa shape index (κ3) is 3.56. The van der Waals surface area contributed by atoms with E-state index in [4.69, 9.17) is 4.74 Å². The molecule has 0 fully saturated rings. The molecule has 94 valence electrons. The Morgan fingerprint density at radius 2 is 1.88 bits per heavy atom. The summed E-state index contributed by atoms with van der Waals surface area (Å²) in [5, 5.41) is -0.774. The number of carbonyl (C=O) groups excluding carboxylic acids is 1. The summed E-state index contributed by atoms with van der Waals surface area (Å²) >= 11 is 0. The standard InChI is InChI=1S/C12H16O4S/c1-3-16-12(13)9-10(2)17(14,15)11-7-5-4-6-8-11/h4-8,10H,3,9H2,1-2H3. The van der Waals surface area contributed by atoms with E-state index in [9.17, 15) is 13.2 Å². The van der Waals surface area contributed by atoms with Gasteiger partial charge < -0.3 is 4.74 Å². The van der Waals surface area contributed by atoms with Gasteiger partial charge in [0, 0.05) is 0 Å². The van der Waals surface area contributed by atoms with Gasteiger partial charge in [-0.15, -0.1) is 0 Å². The molecule has 1 aromatic carbocycles. The highest BCUT2D eigenvalue weighted by atomic mass is 32.2. The minimum Gasteiger partial charge on any atom is -0.466 e. The predicted octanol–water partition coefficient (Wildman–Crippen LogP) is 1.80. The van der Waals surface area contributed by atoms with Crippen molar-refractivity contribution >= 4 is 15.8 Å². The Hall–Kier alpha value is -1.36. The number of rotatable bonds is 5. The molecule has 0 aliphatic carbocycles. The van der Waals surface area contributed by atoms with Gasteiger partial charge in [0.25, 0.3) is 0 Å². The van der Waals surface area contributed by atoms with Crippen molar-refractivity contribution in [1.82, 2.24) is 0 Å². The van der Waals surface area contributed by atoms with E-state index >= 15 is 0 Å². The van der Waals surface area contributed by atoms with Crippen LogP contribution in [0.3, 0.4) is 0 Å². The Morgan fingerprint density at radius 1 is 1.29 bits per heavy atom. The summed E-state index contributed by atoms with van der Waals surface area (Å²) in [5.41, 5.74) is 0. The van der Waals surface area contributed by atoms with E-state index < -0.39 is 21.1 Å². The van der Waals surface area contributed by atoms with E-state index in [-0.39, 0.29) is 17.9 Å². The average Bonchev–Trinajstić information content (AvgIpc) is 2.30. The average molecular weight is 256 g/mol. The molecule has 0 heterocycles. The normalized spacial score (nSPS) is 13.1. The third-order valence-corrected chi connectivity index (χ3v) is 4.52. The number of carbonyl (C=O) groups is 1. The summed E-state index contributed by atoms with van der Waals surface area (Å²) in [6, 6.07) is 8.11. The summed E-state index contributed by atoms with van der Waals surface area (Å²) in [4.78, 5) is 11.5. The molecule has 0 N–H and O–H groups in total. The van der Waals surface area contributed by atoms with Crippen LogP contribution in [-0.4, -0.2) is 26.2 Å². The first-order valence-electron chi connectivity index (χ1n) is 5.43. The molecule has 1 unspecified atom stereocenters.